The molecule has 126 valence electrons. The standard InChI is InChI=1S/C20H23NO3/c1-4-23-19-10-16-9-14(3)24-18(16)12-17(19)21-20(22)11-15-8-6-5-7-13(15)2/h5-8,10,12,14H,4,9,11H2,1-3H3,(H,21,22). The van der Waals surface area contributed by atoms with Crippen LogP contribution in [0.1, 0.15) is 30.5 Å². The Morgan fingerprint density at radius 2 is 2.12 bits per heavy atom. The van der Waals surface area contributed by atoms with Crippen LogP contribution in [0.25, 0.3) is 0 Å². The minimum Gasteiger partial charge on any atom is -0.492 e. The number of carbonyl (C=O) groups excluding carboxylic acids is 1. The summed E-state index contributed by atoms with van der Waals surface area (Å²) < 4.78 is 11.5. The van der Waals surface area contributed by atoms with Crippen LogP contribution < -0.4 is 14.8 Å². The van der Waals surface area contributed by atoms with Crippen LogP contribution in [-0.2, 0) is 17.6 Å². The summed E-state index contributed by atoms with van der Waals surface area (Å²) in [6, 6.07) is 11.8. The predicted molar refractivity (Wildman–Crippen MR) is 94.9 cm³/mol. The van der Waals surface area contributed by atoms with Crippen LogP contribution >= 0.6 is 0 Å². The van der Waals surface area contributed by atoms with E-state index in [-0.39, 0.29) is 12.0 Å². The number of rotatable bonds is 5. The maximum Gasteiger partial charge on any atom is 0.228 e. The molecule has 3 rings (SSSR count). The second kappa shape index (κ2) is 6.95. The summed E-state index contributed by atoms with van der Waals surface area (Å²) >= 11 is 0. The van der Waals surface area contributed by atoms with Crippen molar-refractivity contribution in [1.82, 2.24) is 0 Å². The van der Waals surface area contributed by atoms with Crippen molar-refractivity contribution >= 4 is 11.6 Å². The molecule has 24 heavy (non-hydrogen) atoms. The Bertz CT molecular complexity index is 755. The Morgan fingerprint density at radius 1 is 1.33 bits per heavy atom. The second-order valence-corrected chi connectivity index (χ2v) is 6.17. The van der Waals surface area contributed by atoms with Gasteiger partial charge in [-0.1, -0.05) is 24.3 Å². The summed E-state index contributed by atoms with van der Waals surface area (Å²) in [7, 11) is 0. The number of carbonyl (C=O) groups is 1. The summed E-state index contributed by atoms with van der Waals surface area (Å²) in [5.74, 6) is 1.47. The van der Waals surface area contributed by atoms with Gasteiger partial charge in [0.1, 0.15) is 17.6 Å². The van der Waals surface area contributed by atoms with Gasteiger partial charge in [0.2, 0.25) is 5.91 Å². The van der Waals surface area contributed by atoms with Crippen LogP contribution in [0.3, 0.4) is 0 Å². The van der Waals surface area contributed by atoms with Gasteiger partial charge in [-0.05, 0) is 38.0 Å². The molecule has 1 aliphatic rings. The second-order valence-electron chi connectivity index (χ2n) is 6.17. The van der Waals surface area contributed by atoms with E-state index in [2.05, 4.69) is 5.32 Å². The van der Waals surface area contributed by atoms with E-state index in [1.807, 2.05) is 57.2 Å². The van der Waals surface area contributed by atoms with Crippen LogP contribution in [0.2, 0.25) is 0 Å². The molecule has 0 fully saturated rings. The molecular formula is C20H23NO3. The van der Waals surface area contributed by atoms with Gasteiger partial charge in [-0.3, -0.25) is 4.79 Å². The minimum absolute atomic E-state index is 0.0590. The normalized spacial score (nSPS) is 15.5. The van der Waals surface area contributed by atoms with Gasteiger partial charge in [0, 0.05) is 18.1 Å². The van der Waals surface area contributed by atoms with E-state index in [9.17, 15) is 4.79 Å². The number of aryl methyl sites for hydroxylation is 1. The van der Waals surface area contributed by atoms with Gasteiger partial charge < -0.3 is 14.8 Å². The Kier molecular flexibility index (Phi) is 4.74. The van der Waals surface area contributed by atoms with E-state index in [1.54, 1.807) is 0 Å². The lowest BCUT2D eigenvalue weighted by atomic mass is 10.1. The molecule has 1 heterocycles. The van der Waals surface area contributed by atoms with Crippen molar-refractivity contribution in [3.8, 4) is 11.5 Å². The zero-order valence-corrected chi connectivity index (χ0v) is 14.4. The molecule has 0 aromatic heterocycles. The van der Waals surface area contributed by atoms with E-state index in [4.69, 9.17) is 9.47 Å². The summed E-state index contributed by atoms with van der Waals surface area (Å²) in [5.41, 5.74) is 3.94. The summed E-state index contributed by atoms with van der Waals surface area (Å²) in [6.45, 7) is 6.54. The Morgan fingerprint density at radius 3 is 2.88 bits per heavy atom. The molecule has 1 aliphatic heterocycles. The fourth-order valence-corrected chi connectivity index (χ4v) is 2.99. The van der Waals surface area contributed by atoms with Gasteiger partial charge in [-0.25, -0.2) is 0 Å². The average molecular weight is 325 g/mol. The van der Waals surface area contributed by atoms with Gasteiger partial charge in [0.05, 0.1) is 18.7 Å². The van der Waals surface area contributed by atoms with E-state index in [0.717, 1.165) is 28.9 Å². The highest BCUT2D eigenvalue weighted by atomic mass is 16.5. The number of hydrogen-bond donors (Lipinski definition) is 1. The third kappa shape index (κ3) is 3.53. The van der Waals surface area contributed by atoms with Crippen molar-refractivity contribution in [2.24, 2.45) is 0 Å². The fraction of sp³-hybridized carbons (Fsp3) is 0.350. The van der Waals surface area contributed by atoms with Crippen molar-refractivity contribution in [3.05, 3.63) is 53.1 Å². The van der Waals surface area contributed by atoms with Gasteiger partial charge in [0.15, 0.2) is 0 Å². The van der Waals surface area contributed by atoms with Gasteiger partial charge in [0.25, 0.3) is 0 Å². The molecule has 1 amide bonds. The molecule has 4 heteroatoms. The number of hydrogen-bond acceptors (Lipinski definition) is 3. The van der Waals surface area contributed by atoms with E-state index >= 15 is 0 Å². The van der Waals surface area contributed by atoms with Crippen LogP contribution in [-0.4, -0.2) is 18.6 Å². The molecule has 0 spiro atoms. The first-order valence-corrected chi connectivity index (χ1v) is 8.37. The molecule has 2 aromatic rings. The quantitative estimate of drug-likeness (QED) is 0.907. The average Bonchev–Trinajstić information content (AvgIpc) is 2.89. The molecule has 0 saturated carbocycles. The van der Waals surface area contributed by atoms with Crippen molar-refractivity contribution < 1.29 is 14.3 Å². The summed E-state index contributed by atoms with van der Waals surface area (Å²) in [4.78, 5) is 12.4. The first kappa shape index (κ1) is 16.4. The lowest BCUT2D eigenvalue weighted by Crippen LogP contribution is -2.16. The number of anilines is 1. The number of fused-ring (bicyclic) bond motifs is 1. The Hall–Kier alpha value is -2.49. The third-order valence-electron chi connectivity index (χ3n) is 4.18. The molecule has 2 aromatic carbocycles. The largest absolute Gasteiger partial charge is 0.492 e. The molecule has 0 bridgehead atoms. The molecule has 4 nitrogen and oxygen atoms in total. The zero-order valence-electron chi connectivity index (χ0n) is 14.4. The summed E-state index contributed by atoms with van der Waals surface area (Å²) in [5, 5.41) is 2.97. The molecule has 0 radical (unpaired) electrons. The number of benzene rings is 2. The smallest absolute Gasteiger partial charge is 0.228 e. The van der Waals surface area contributed by atoms with Crippen LogP contribution in [0.4, 0.5) is 5.69 Å². The molecule has 1 unspecified atom stereocenters. The van der Waals surface area contributed by atoms with Gasteiger partial charge >= 0.3 is 0 Å². The highest BCUT2D eigenvalue weighted by molar-refractivity contribution is 5.94. The van der Waals surface area contributed by atoms with E-state index < -0.39 is 0 Å². The topological polar surface area (TPSA) is 47.6 Å². The van der Waals surface area contributed by atoms with Crippen molar-refractivity contribution in [3.63, 3.8) is 0 Å². The molecule has 0 aliphatic carbocycles. The number of amides is 1. The summed E-state index contributed by atoms with van der Waals surface area (Å²) in [6.07, 6.45) is 1.37. The number of nitrogens with one attached hydrogen (secondary N) is 1. The molecule has 1 N–H and O–H groups in total. The van der Waals surface area contributed by atoms with Crippen molar-refractivity contribution in [1.29, 1.82) is 0 Å². The monoisotopic (exact) mass is 325 g/mol. The fourth-order valence-electron chi connectivity index (χ4n) is 2.99. The third-order valence-corrected chi connectivity index (χ3v) is 4.18. The molecular weight excluding hydrogens is 302 g/mol. The first-order valence-electron chi connectivity index (χ1n) is 8.37. The maximum atomic E-state index is 12.4. The van der Waals surface area contributed by atoms with E-state index in [0.29, 0.717) is 24.5 Å². The van der Waals surface area contributed by atoms with Crippen molar-refractivity contribution in [2.75, 3.05) is 11.9 Å². The zero-order chi connectivity index (χ0) is 17.1. The maximum absolute atomic E-state index is 12.4. The van der Waals surface area contributed by atoms with Crippen LogP contribution in [0.5, 0.6) is 11.5 Å². The van der Waals surface area contributed by atoms with Crippen LogP contribution in [0, 0.1) is 6.92 Å². The highest BCUT2D eigenvalue weighted by Crippen LogP contribution is 2.38. The molecule has 1 atom stereocenters. The highest BCUT2D eigenvalue weighted by Gasteiger charge is 2.22. The molecule has 0 saturated heterocycles. The van der Waals surface area contributed by atoms with Gasteiger partial charge in [-0.2, -0.15) is 0 Å². The number of ether oxygens (including phenoxy) is 2. The van der Waals surface area contributed by atoms with Gasteiger partial charge in [-0.15, -0.1) is 0 Å². The van der Waals surface area contributed by atoms with Crippen molar-refractivity contribution in [2.45, 2.75) is 39.7 Å². The van der Waals surface area contributed by atoms with Crippen LogP contribution in [0.15, 0.2) is 36.4 Å². The predicted octanol–water partition coefficient (Wildman–Crippen LogP) is 3.90. The Balaban J connectivity index is 1.80. The SMILES string of the molecule is CCOc1cc2c(cc1NC(=O)Cc1ccccc1C)OC(C)C2. The van der Waals surface area contributed by atoms with E-state index in [1.165, 1.54) is 0 Å². The minimum atomic E-state index is -0.0590. The first-order chi connectivity index (χ1) is 11.6. The Labute approximate surface area is 142 Å². The lowest BCUT2D eigenvalue weighted by Gasteiger charge is -2.14. The lowest BCUT2D eigenvalue weighted by molar-refractivity contribution is -0.115.